The molecule has 6 saturated heterocycles. The number of carbonyl (C=O) groups is 2. The minimum absolute atomic E-state index is 0.0252. The molecule has 424 valence electrons. The largest absolute Gasteiger partial charge is 0.445 e. The summed E-state index contributed by atoms with van der Waals surface area (Å²) in [5.74, 6) is -3.41. The van der Waals surface area contributed by atoms with Crippen molar-refractivity contribution >= 4 is 28.5 Å². The van der Waals surface area contributed by atoms with Crippen molar-refractivity contribution in [1.82, 2.24) is 5.32 Å². The van der Waals surface area contributed by atoms with Crippen molar-refractivity contribution in [3.8, 4) is 0 Å². The number of Topliss-reactive ketones (excluding diaryl/α,β-unsaturated/α-hetero) is 1. The third kappa shape index (κ3) is 12.5. The Labute approximate surface area is 452 Å². The molecule has 7 aliphatic rings. The van der Waals surface area contributed by atoms with E-state index in [9.17, 15) is 15.4 Å². The van der Waals surface area contributed by atoms with E-state index in [1.54, 1.807) is 0 Å². The SMILES string of the molecule is C=CCOC(=O)NC[C@H](C)[C@@H](C)C[C@@]12CCC([C@H](CO)N=[N+]=[N-])=C[C@@H]1[C@@H]1O[C@]3(C[C@H]4CCC[C@@]5(CC[C@@]6(O[C@@H](CC[C@@]6(C)O[Si](CC)(CC)CC)CC(=C)CCCC2=O)O5)O4)C[C@@H](C)[C@@H](O[Si](C)(C)C(C)(C)C)[C@@H]1O3. The molecule has 0 radical (unpaired) electrons. The monoisotopic (exact) mass is 1080 g/mol. The lowest BCUT2D eigenvalue weighted by atomic mass is 9.57. The van der Waals surface area contributed by atoms with Crippen molar-refractivity contribution in [2.75, 3.05) is 19.8 Å². The van der Waals surface area contributed by atoms with Crippen LogP contribution in [0.3, 0.4) is 0 Å². The highest BCUT2D eigenvalue weighted by Gasteiger charge is 2.68. The Kier molecular flexibility index (Phi) is 19.1. The van der Waals surface area contributed by atoms with Crippen molar-refractivity contribution in [2.24, 2.45) is 34.2 Å². The number of ketones is 1. The first kappa shape index (κ1) is 60.2. The highest BCUT2D eigenvalue weighted by atomic mass is 28.4. The number of rotatable bonds is 17. The number of nitrogens with one attached hydrogen (secondary N) is 1. The van der Waals surface area contributed by atoms with Crippen molar-refractivity contribution in [2.45, 2.75) is 268 Å². The number of carbonyl (C=O) groups excluding carboxylic acids is 2. The lowest BCUT2D eigenvalue weighted by Crippen LogP contribution is -2.65. The predicted octanol–water partition coefficient (Wildman–Crippen LogP) is 13.3. The van der Waals surface area contributed by atoms with Gasteiger partial charge in [0.05, 0.1) is 37.1 Å². The average Bonchev–Trinajstić information content (AvgIpc) is 3.88. The zero-order chi connectivity index (χ0) is 54.8. The van der Waals surface area contributed by atoms with Crippen molar-refractivity contribution in [1.29, 1.82) is 0 Å². The van der Waals surface area contributed by atoms with E-state index in [1.165, 1.54) is 6.08 Å². The molecule has 6 aliphatic heterocycles. The molecular formula is C58H98N4O11Si2. The first-order chi connectivity index (χ1) is 35.3. The highest BCUT2D eigenvalue weighted by Crippen LogP contribution is 2.60. The predicted molar refractivity (Wildman–Crippen MR) is 297 cm³/mol. The fraction of sp³-hybridized carbons (Fsp3) is 0.862. The molecule has 1 amide bonds. The third-order valence-corrected chi connectivity index (χ3v) is 29.3. The number of aliphatic hydroxyl groups is 1. The van der Waals surface area contributed by atoms with Crippen LogP contribution in [0.25, 0.3) is 10.4 Å². The number of aliphatic hydroxyl groups excluding tert-OH is 1. The fourth-order valence-electron chi connectivity index (χ4n) is 14.1. The summed E-state index contributed by atoms with van der Waals surface area (Å²) in [7, 11) is -4.55. The van der Waals surface area contributed by atoms with Gasteiger partial charge in [-0.05, 0) is 131 Å². The van der Waals surface area contributed by atoms with Gasteiger partial charge >= 0.3 is 6.09 Å². The van der Waals surface area contributed by atoms with Gasteiger partial charge in [-0.15, -0.1) is 0 Å². The lowest BCUT2D eigenvalue weighted by Gasteiger charge is -2.55. The van der Waals surface area contributed by atoms with E-state index in [4.69, 9.17) is 37.3 Å². The van der Waals surface area contributed by atoms with E-state index in [-0.39, 0.29) is 60.1 Å². The molecule has 0 unspecified atom stereocenters. The number of ether oxygens (including phenoxy) is 6. The van der Waals surface area contributed by atoms with Gasteiger partial charge in [-0.25, -0.2) is 4.79 Å². The standard InChI is InChI=1S/C58H98N4O11Si2/c1-15-31-66-52(65)60-37-42(8)40(6)34-55-28-24-43(47(38-63)61-62-59)33-46(55)50-51-49(71-74(13,14)53(9,10)11)41(7)35-57(69-50,70-51)36-45-22-20-26-56(67-45)29-30-58(72-56)54(12,73-75(16-2,17-3)18-4)27-25-44(68-58)32-39(5)21-19-23-48(55)64/h15,33,40-42,44-47,49-51,63H,1,5,16-32,34-38H2,2-4,6-14H3,(H,60,65)/t40-,41+,42-,44-,45+,46+,47-,49+,50-,51-,54+,55-,56+,57+,58+/m0/s1. The summed E-state index contributed by atoms with van der Waals surface area (Å²) in [5, 5.41) is 17.7. The zero-order valence-electron chi connectivity index (χ0n) is 48.3. The molecule has 0 aromatic carbocycles. The van der Waals surface area contributed by atoms with Gasteiger partial charge < -0.3 is 47.7 Å². The molecule has 75 heavy (non-hydrogen) atoms. The van der Waals surface area contributed by atoms with E-state index in [1.807, 2.05) is 0 Å². The molecule has 6 heterocycles. The van der Waals surface area contributed by atoms with Crippen LogP contribution < -0.4 is 5.32 Å². The Morgan fingerprint density at radius 3 is 2.35 bits per heavy atom. The number of hydrogen-bond donors (Lipinski definition) is 2. The Bertz CT molecular complexity index is 2120. The molecule has 15 nitrogen and oxygen atoms in total. The Balaban J connectivity index is 1.34. The van der Waals surface area contributed by atoms with Crippen molar-refractivity contribution in [3.05, 3.63) is 46.9 Å². The van der Waals surface area contributed by atoms with Crippen LogP contribution in [0.4, 0.5) is 4.79 Å². The van der Waals surface area contributed by atoms with Gasteiger partial charge in [0.1, 0.15) is 24.1 Å². The smallest absolute Gasteiger partial charge is 0.407 e. The maximum atomic E-state index is 16.0. The molecule has 0 aromatic rings. The third-order valence-electron chi connectivity index (χ3n) is 20.1. The van der Waals surface area contributed by atoms with Gasteiger partial charge in [0.2, 0.25) is 0 Å². The van der Waals surface area contributed by atoms with Crippen LogP contribution in [0, 0.1) is 29.1 Å². The number of alkyl carbamates (subject to hydrolysis) is 1. The van der Waals surface area contributed by atoms with E-state index in [0.717, 1.165) is 61.4 Å². The van der Waals surface area contributed by atoms with E-state index in [2.05, 4.69) is 117 Å². The maximum absolute atomic E-state index is 16.0. The second kappa shape index (κ2) is 23.7. The van der Waals surface area contributed by atoms with Gasteiger partial charge in [-0.2, -0.15) is 0 Å². The summed E-state index contributed by atoms with van der Waals surface area (Å²) < 4.78 is 57.9. The first-order valence-corrected chi connectivity index (χ1v) is 34.6. The van der Waals surface area contributed by atoms with Gasteiger partial charge in [0, 0.05) is 61.3 Å². The zero-order valence-corrected chi connectivity index (χ0v) is 50.3. The molecule has 17 heteroatoms. The van der Waals surface area contributed by atoms with Gasteiger partial charge in [-0.1, -0.05) is 104 Å². The summed E-state index contributed by atoms with van der Waals surface area (Å²) >= 11 is 0. The molecule has 0 saturated carbocycles. The lowest BCUT2D eigenvalue weighted by molar-refractivity contribution is -0.400. The highest BCUT2D eigenvalue weighted by molar-refractivity contribution is 6.74. The topological polar surface area (TPSA) is 189 Å². The number of azide groups is 1. The van der Waals surface area contributed by atoms with Crippen LogP contribution in [0.1, 0.15) is 172 Å². The van der Waals surface area contributed by atoms with Crippen LogP contribution >= 0.6 is 0 Å². The number of amides is 1. The number of nitrogens with zero attached hydrogens (tertiary/aromatic N) is 3. The van der Waals surface area contributed by atoms with E-state index < -0.39 is 75.3 Å². The molecule has 1 aliphatic carbocycles. The number of hydrogen-bond acceptors (Lipinski definition) is 12. The molecule has 7 bridgehead atoms. The molecule has 7 rings (SSSR count). The van der Waals surface area contributed by atoms with E-state index in [0.29, 0.717) is 77.2 Å². The Morgan fingerprint density at radius 2 is 1.68 bits per heavy atom. The molecular weight excluding hydrogens is 985 g/mol. The van der Waals surface area contributed by atoms with Crippen LogP contribution in [0.15, 0.2) is 41.6 Å². The van der Waals surface area contributed by atoms with Crippen molar-refractivity contribution < 1.29 is 52.0 Å². The van der Waals surface area contributed by atoms with Crippen LogP contribution in [0.2, 0.25) is 36.3 Å². The molecule has 15 atom stereocenters. The normalized spacial score (nSPS) is 37.8. The maximum Gasteiger partial charge on any atom is 0.407 e. The molecule has 2 N–H and O–H groups in total. The van der Waals surface area contributed by atoms with Gasteiger partial charge in [0.25, 0.3) is 0 Å². The summed E-state index contributed by atoms with van der Waals surface area (Å²) in [6, 6.07) is 2.26. The molecule has 6 fully saturated rings. The summed E-state index contributed by atoms with van der Waals surface area (Å²) in [6.07, 6.45) is 11.3. The van der Waals surface area contributed by atoms with Crippen LogP contribution in [0.5, 0.6) is 0 Å². The minimum atomic E-state index is -2.42. The Hall–Kier alpha value is -2.42. The van der Waals surface area contributed by atoms with E-state index >= 15 is 4.79 Å². The second-order valence-electron chi connectivity index (χ2n) is 26.0. The minimum Gasteiger partial charge on any atom is -0.445 e. The van der Waals surface area contributed by atoms with Gasteiger partial charge in [0.15, 0.2) is 34.0 Å². The van der Waals surface area contributed by atoms with Crippen LogP contribution in [-0.4, -0.2) is 113 Å². The summed E-state index contributed by atoms with van der Waals surface area (Å²) in [6.45, 7) is 35.3. The summed E-state index contributed by atoms with van der Waals surface area (Å²) in [4.78, 5) is 31.8. The first-order valence-electron chi connectivity index (χ1n) is 29.2. The molecule has 3 spiro atoms. The fourth-order valence-corrected chi connectivity index (χ4v) is 18.7. The average molecular weight is 1080 g/mol. The van der Waals surface area contributed by atoms with Crippen LogP contribution in [-0.2, 0) is 42.1 Å². The van der Waals surface area contributed by atoms with Crippen molar-refractivity contribution in [3.63, 3.8) is 0 Å². The Morgan fingerprint density at radius 1 is 0.960 bits per heavy atom. The molecule has 0 aromatic heterocycles. The van der Waals surface area contributed by atoms with Gasteiger partial charge in [-0.3, -0.25) is 4.79 Å². The quantitative estimate of drug-likeness (QED) is 0.0463. The second-order valence-corrected chi connectivity index (χ2v) is 35.5. The summed E-state index contributed by atoms with van der Waals surface area (Å²) in [5.41, 5.74) is 9.98. The number of fused-ring (bicyclic) bond motifs is 7.